The van der Waals surface area contributed by atoms with E-state index in [0.29, 0.717) is 10.3 Å². The van der Waals surface area contributed by atoms with Crippen LogP contribution in [-0.2, 0) is 16.4 Å². The van der Waals surface area contributed by atoms with Crippen LogP contribution in [0.2, 0.25) is 0 Å². The number of rotatable bonds is 4. The Morgan fingerprint density at radius 2 is 2.06 bits per heavy atom. The van der Waals surface area contributed by atoms with Crippen LogP contribution in [-0.4, -0.2) is 29.0 Å². The Bertz CT molecular complexity index is 563. The summed E-state index contributed by atoms with van der Waals surface area (Å²) in [6.07, 6.45) is 1.42. The van der Waals surface area contributed by atoms with E-state index in [2.05, 4.69) is 20.9 Å². The van der Waals surface area contributed by atoms with Gasteiger partial charge in [-0.2, -0.15) is 0 Å². The monoisotopic (exact) mass is 322 g/mol. The summed E-state index contributed by atoms with van der Waals surface area (Å²) >= 11 is 3.08. The van der Waals surface area contributed by atoms with Gasteiger partial charge in [-0.25, -0.2) is 13.4 Å². The number of sulfone groups is 1. The summed E-state index contributed by atoms with van der Waals surface area (Å²) in [7, 11) is -3.15. The maximum absolute atomic E-state index is 11.8. The second kappa shape index (κ2) is 5.30. The molecule has 0 bridgehead atoms. The lowest BCUT2D eigenvalue weighted by Crippen LogP contribution is -2.29. The van der Waals surface area contributed by atoms with Gasteiger partial charge in [-0.1, -0.05) is 0 Å². The molecule has 1 heterocycles. The lowest BCUT2D eigenvalue weighted by Gasteiger charge is -2.11. The average molecular weight is 323 g/mol. The fourth-order valence-corrected chi connectivity index (χ4v) is 2.49. The quantitative estimate of drug-likeness (QED) is 0.833. The van der Waals surface area contributed by atoms with Crippen LogP contribution < -0.4 is 5.56 Å². The molecule has 0 fully saturated rings. The molecule has 0 unspecified atom stereocenters. The molecular weight excluding hydrogens is 308 g/mol. The zero-order valence-corrected chi connectivity index (χ0v) is 12.4. The summed E-state index contributed by atoms with van der Waals surface area (Å²) in [6.45, 7) is 5.07. The number of aryl methyl sites for hydroxylation is 1. The highest BCUT2D eigenvalue weighted by atomic mass is 79.9. The third kappa shape index (κ3) is 3.38. The van der Waals surface area contributed by atoms with E-state index in [-0.39, 0.29) is 17.9 Å². The van der Waals surface area contributed by atoms with Crippen LogP contribution in [0.1, 0.15) is 19.7 Å². The molecule has 0 spiro atoms. The highest BCUT2D eigenvalue weighted by Gasteiger charge is 2.17. The molecule has 17 heavy (non-hydrogen) atoms. The van der Waals surface area contributed by atoms with Crippen molar-refractivity contribution in [3.8, 4) is 0 Å². The Kier molecular flexibility index (Phi) is 4.48. The predicted octanol–water partition coefficient (Wildman–Crippen LogP) is 1.14. The summed E-state index contributed by atoms with van der Waals surface area (Å²) in [4.78, 5) is 15.8. The van der Waals surface area contributed by atoms with Crippen molar-refractivity contribution in [2.45, 2.75) is 32.6 Å². The lowest BCUT2D eigenvalue weighted by molar-refractivity contribution is 0.575. The molecule has 7 heteroatoms. The van der Waals surface area contributed by atoms with Crippen LogP contribution >= 0.6 is 15.9 Å². The highest BCUT2D eigenvalue weighted by molar-refractivity contribution is 9.10. The summed E-state index contributed by atoms with van der Waals surface area (Å²) in [5, 5.41) is -0.432. The van der Waals surface area contributed by atoms with Crippen molar-refractivity contribution < 1.29 is 8.42 Å². The minimum Gasteiger partial charge on any atom is -0.295 e. The lowest BCUT2D eigenvalue weighted by atomic mass is 10.5. The van der Waals surface area contributed by atoms with E-state index in [1.807, 2.05) is 0 Å². The fraction of sp³-hybridized carbons (Fsp3) is 0.600. The first-order chi connectivity index (χ1) is 7.75. The maximum Gasteiger partial charge on any atom is 0.267 e. The van der Waals surface area contributed by atoms with Gasteiger partial charge in [0.25, 0.3) is 5.56 Å². The molecule has 5 nitrogen and oxygen atoms in total. The molecular formula is C10H15BrN2O3S. The Morgan fingerprint density at radius 1 is 1.47 bits per heavy atom. The molecule has 1 aromatic rings. The molecule has 0 aliphatic carbocycles. The first-order valence-corrected chi connectivity index (χ1v) is 7.70. The molecule has 0 radical (unpaired) electrons. The number of halogens is 1. The topological polar surface area (TPSA) is 69.0 Å². The van der Waals surface area contributed by atoms with Crippen molar-refractivity contribution in [1.29, 1.82) is 0 Å². The molecule has 0 saturated carbocycles. The fourth-order valence-electron chi connectivity index (χ4n) is 1.27. The van der Waals surface area contributed by atoms with Gasteiger partial charge in [0.1, 0.15) is 10.3 Å². The van der Waals surface area contributed by atoms with Gasteiger partial charge in [0.05, 0.1) is 11.0 Å². The van der Waals surface area contributed by atoms with Gasteiger partial charge in [0.15, 0.2) is 9.84 Å². The van der Waals surface area contributed by atoms with Crippen molar-refractivity contribution in [2.24, 2.45) is 0 Å². The summed E-state index contributed by atoms with van der Waals surface area (Å²) in [5.41, 5.74) is -0.253. The minimum absolute atomic E-state index is 0.0520. The third-order valence-corrected chi connectivity index (χ3v) is 5.25. The second-order valence-corrected chi connectivity index (χ2v) is 7.56. The predicted molar refractivity (Wildman–Crippen MR) is 69.9 cm³/mol. The van der Waals surface area contributed by atoms with E-state index >= 15 is 0 Å². The summed E-state index contributed by atoms with van der Waals surface area (Å²) < 4.78 is 25.0. The van der Waals surface area contributed by atoms with Gasteiger partial charge in [0, 0.05) is 12.7 Å². The van der Waals surface area contributed by atoms with Crippen LogP contribution in [0.3, 0.4) is 0 Å². The van der Waals surface area contributed by atoms with Gasteiger partial charge in [-0.15, -0.1) is 0 Å². The second-order valence-electron chi connectivity index (χ2n) is 4.03. The van der Waals surface area contributed by atoms with E-state index in [1.54, 1.807) is 20.8 Å². The highest BCUT2D eigenvalue weighted by Crippen LogP contribution is 2.04. The summed E-state index contributed by atoms with van der Waals surface area (Å²) in [6, 6.07) is 0. The van der Waals surface area contributed by atoms with E-state index in [1.165, 1.54) is 10.8 Å². The molecule has 96 valence electrons. The molecule has 0 amide bonds. The van der Waals surface area contributed by atoms with Crippen LogP contribution in [0.5, 0.6) is 0 Å². The third-order valence-electron chi connectivity index (χ3n) is 2.52. The Hall–Kier alpha value is -0.690. The molecule has 1 aromatic heterocycles. The Balaban J connectivity index is 2.99. The number of hydrogen-bond donors (Lipinski definition) is 0. The Morgan fingerprint density at radius 3 is 2.59 bits per heavy atom. The van der Waals surface area contributed by atoms with Crippen LogP contribution in [0.15, 0.2) is 15.5 Å². The van der Waals surface area contributed by atoms with E-state index in [9.17, 15) is 13.2 Å². The van der Waals surface area contributed by atoms with Crippen molar-refractivity contribution in [1.82, 2.24) is 9.55 Å². The number of nitrogens with zero attached hydrogens (tertiary/aromatic N) is 2. The first-order valence-electron chi connectivity index (χ1n) is 5.19. The van der Waals surface area contributed by atoms with Crippen molar-refractivity contribution in [2.75, 3.05) is 5.75 Å². The van der Waals surface area contributed by atoms with Gasteiger partial charge in [0.2, 0.25) is 0 Å². The standard InChI is InChI=1S/C10H15BrN2O3S/c1-7(2)17(15,16)5-4-13-8(3)12-6-9(11)10(13)14/h6-7H,4-5H2,1-3H3. The van der Waals surface area contributed by atoms with Crippen LogP contribution in [0.4, 0.5) is 0 Å². The number of hydrogen-bond acceptors (Lipinski definition) is 4. The normalized spacial score (nSPS) is 12.1. The van der Waals surface area contributed by atoms with Crippen LogP contribution in [0, 0.1) is 6.92 Å². The van der Waals surface area contributed by atoms with Gasteiger partial charge in [-0.05, 0) is 36.7 Å². The smallest absolute Gasteiger partial charge is 0.267 e. The zero-order valence-electron chi connectivity index (χ0n) is 9.97. The molecule has 0 saturated heterocycles. The zero-order chi connectivity index (χ0) is 13.2. The first kappa shape index (κ1) is 14.4. The van der Waals surface area contributed by atoms with E-state index in [0.717, 1.165) is 0 Å². The SMILES string of the molecule is Cc1ncc(Br)c(=O)n1CCS(=O)(=O)C(C)C. The largest absolute Gasteiger partial charge is 0.295 e. The number of aromatic nitrogens is 2. The molecule has 0 N–H and O–H groups in total. The van der Waals surface area contributed by atoms with Gasteiger partial charge in [-0.3, -0.25) is 9.36 Å². The molecule has 1 rings (SSSR count). The summed E-state index contributed by atoms with van der Waals surface area (Å²) in [5.74, 6) is 0.459. The molecule has 0 aromatic carbocycles. The van der Waals surface area contributed by atoms with Crippen molar-refractivity contribution in [3.63, 3.8) is 0 Å². The molecule has 0 aliphatic heterocycles. The Labute approximate surface area is 109 Å². The van der Waals surface area contributed by atoms with Crippen molar-refractivity contribution in [3.05, 3.63) is 26.8 Å². The maximum atomic E-state index is 11.8. The minimum atomic E-state index is -3.15. The van der Waals surface area contributed by atoms with Gasteiger partial charge < -0.3 is 0 Å². The van der Waals surface area contributed by atoms with Crippen molar-refractivity contribution >= 4 is 25.8 Å². The van der Waals surface area contributed by atoms with Gasteiger partial charge >= 0.3 is 0 Å². The van der Waals surface area contributed by atoms with E-state index < -0.39 is 15.1 Å². The average Bonchev–Trinajstić information content (AvgIpc) is 2.23. The molecule has 0 aliphatic rings. The van der Waals surface area contributed by atoms with Crippen LogP contribution in [0.25, 0.3) is 0 Å². The van der Waals surface area contributed by atoms with E-state index in [4.69, 9.17) is 0 Å². The molecule has 0 atom stereocenters.